The number of rotatable bonds is 15. The second kappa shape index (κ2) is 16.5. The number of thioether (sulfide) groups is 1. The molecule has 4 aromatic rings. The molecule has 0 aliphatic carbocycles. The van der Waals surface area contributed by atoms with Crippen LogP contribution in [0.15, 0.2) is 59.8 Å². The van der Waals surface area contributed by atoms with Crippen LogP contribution in [0.4, 0.5) is 10.7 Å². The third kappa shape index (κ3) is 9.01. The monoisotopic (exact) mass is 680 g/mol. The highest BCUT2D eigenvalue weighted by molar-refractivity contribution is 7.99. The number of hydrogen-bond donors (Lipinski definition) is 2. The Bertz CT molecular complexity index is 1760. The fourth-order valence-corrected chi connectivity index (χ4v) is 6.29. The molecule has 2 aromatic heterocycles. The number of thiophene rings is 1. The van der Waals surface area contributed by atoms with Gasteiger partial charge in [-0.25, -0.2) is 9.59 Å². The van der Waals surface area contributed by atoms with Crippen molar-refractivity contribution in [1.82, 2.24) is 20.1 Å². The number of aryl methyl sites for hydroxylation is 1. The Balaban J connectivity index is 1.49. The van der Waals surface area contributed by atoms with E-state index in [1.807, 2.05) is 30.3 Å². The molecular formula is C31H32N6O8S2. The number of aromatic nitrogens is 3. The van der Waals surface area contributed by atoms with E-state index in [1.165, 1.54) is 24.3 Å². The number of nitro groups is 1. The van der Waals surface area contributed by atoms with Crippen LogP contribution in [-0.2, 0) is 33.8 Å². The van der Waals surface area contributed by atoms with Crippen LogP contribution in [0.3, 0.4) is 0 Å². The van der Waals surface area contributed by atoms with Crippen LogP contribution in [0.1, 0.15) is 61.2 Å². The highest BCUT2D eigenvalue weighted by Gasteiger charge is 2.27. The number of nitrogens with zero attached hydrogens (tertiary/aromatic N) is 4. The van der Waals surface area contributed by atoms with Crippen molar-refractivity contribution in [3.63, 3.8) is 0 Å². The number of anilines is 1. The van der Waals surface area contributed by atoms with Gasteiger partial charge in [-0.1, -0.05) is 42.1 Å². The average molecular weight is 681 g/mol. The van der Waals surface area contributed by atoms with Crippen molar-refractivity contribution in [2.24, 2.45) is 0 Å². The Morgan fingerprint density at radius 1 is 0.979 bits per heavy atom. The zero-order valence-corrected chi connectivity index (χ0v) is 27.4. The third-order valence-corrected chi connectivity index (χ3v) is 8.83. The molecule has 2 aromatic carbocycles. The largest absolute Gasteiger partial charge is 0.462 e. The Hall–Kier alpha value is -5.09. The summed E-state index contributed by atoms with van der Waals surface area (Å²) in [7, 11) is 0. The van der Waals surface area contributed by atoms with Gasteiger partial charge in [0.15, 0.2) is 11.0 Å². The number of nitro benzene ring substituents is 1. The van der Waals surface area contributed by atoms with Crippen molar-refractivity contribution in [1.29, 1.82) is 0 Å². The molecule has 0 unspecified atom stereocenters. The van der Waals surface area contributed by atoms with E-state index >= 15 is 0 Å². The van der Waals surface area contributed by atoms with Crippen molar-refractivity contribution < 1.29 is 33.6 Å². The Morgan fingerprint density at radius 2 is 1.66 bits per heavy atom. The van der Waals surface area contributed by atoms with Gasteiger partial charge in [0.25, 0.3) is 11.6 Å². The van der Waals surface area contributed by atoms with Crippen molar-refractivity contribution in [2.75, 3.05) is 24.3 Å². The van der Waals surface area contributed by atoms with Crippen LogP contribution >= 0.6 is 23.1 Å². The van der Waals surface area contributed by atoms with Gasteiger partial charge >= 0.3 is 11.9 Å². The number of ether oxygens (including phenoxy) is 2. The molecule has 0 aliphatic heterocycles. The number of non-ortho nitro benzene ring substituents is 1. The van der Waals surface area contributed by atoms with Gasteiger partial charge in [0.05, 0.1) is 36.0 Å². The maximum Gasteiger partial charge on any atom is 0.348 e. The summed E-state index contributed by atoms with van der Waals surface area (Å²) in [6.45, 7) is 5.64. The van der Waals surface area contributed by atoms with Crippen LogP contribution in [0, 0.1) is 17.0 Å². The number of nitrogens with one attached hydrogen (secondary N) is 2. The number of amides is 2. The van der Waals surface area contributed by atoms with Crippen LogP contribution in [-0.4, -0.2) is 62.4 Å². The summed E-state index contributed by atoms with van der Waals surface area (Å²) in [5.74, 6) is -1.83. The zero-order valence-electron chi connectivity index (χ0n) is 25.8. The van der Waals surface area contributed by atoms with Gasteiger partial charge in [0, 0.05) is 24.2 Å². The van der Waals surface area contributed by atoms with Crippen molar-refractivity contribution in [3.05, 3.63) is 97.7 Å². The first-order valence-electron chi connectivity index (χ1n) is 14.5. The Labute approximate surface area is 278 Å². The molecule has 16 heteroatoms. The molecule has 47 heavy (non-hydrogen) atoms. The van der Waals surface area contributed by atoms with E-state index in [0.717, 1.165) is 28.7 Å². The van der Waals surface area contributed by atoms with Gasteiger partial charge in [-0.3, -0.25) is 19.7 Å². The van der Waals surface area contributed by atoms with Crippen molar-refractivity contribution >= 4 is 57.5 Å². The van der Waals surface area contributed by atoms with E-state index in [1.54, 1.807) is 25.3 Å². The fraction of sp³-hybridized carbons (Fsp3) is 0.290. The highest BCUT2D eigenvalue weighted by Crippen LogP contribution is 2.34. The predicted molar refractivity (Wildman–Crippen MR) is 175 cm³/mol. The van der Waals surface area contributed by atoms with Gasteiger partial charge in [0.1, 0.15) is 9.88 Å². The van der Waals surface area contributed by atoms with E-state index in [4.69, 9.17) is 9.47 Å². The molecule has 14 nitrogen and oxygen atoms in total. The Morgan fingerprint density at radius 3 is 2.32 bits per heavy atom. The van der Waals surface area contributed by atoms with Gasteiger partial charge in [0.2, 0.25) is 5.91 Å². The molecule has 4 rings (SSSR count). The normalized spacial score (nSPS) is 10.7. The van der Waals surface area contributed by atoms with Crippen LogP contribution in [0.2, 0.25) is 0 Å². The smallest absolute Gasteiger partial charge is 0.348 e. The van der Waals surface area contributed by atoms with E-state index < -0.39 is 28.7 Å². The van der Waals surface area contributed by atoms with Gasteiger partial charge in [-0.05, 0) is 50.5 Å². The Kier molecular flexibility index (Phi) is 12.2. The summed E-state index contributed by atoms with van der Waals surface area (Å²) < 4.78 is 12.1. The lowest BCUT2D eigenvalue weighted by atomic mass is 10.1. The SMILES string of the molecule is CCOC(=O)c1sc(NC(=O)CSc2nnc(CNC(=O)c3ccc([N+](=O)[O-])cc3)n2CCc2ccccc2)c(C(=O)OCC)c1C. The predicted octanol–water partition coefficient (Wildman–Crippen LogP) is 4.81. The number of esters is 2. The maximum atomic E-state index is 13.1. The van der Waals surface area contributed by atoms with Crippen LogP contribution < -0.4 is 10.6 Å². The second-order valence-corrected chi connectivity index (χ2v) is 11.8. The fourth-order valence-electron chi connectivity index (χ4n) is 4.40. The summed E-state index contributed by atoms with van der Waals surface area (Å²) in [5, 5.41) is 25.5. The second-order valence-electron chi connectivity index (χ2n) is 9.81. The summed E-state index contributed by atoms with van der Waals surface area (Å²) in [4.78, 5) is 61.6. The lowest BCUT2D eigenvalue weighted by molar-refractivity contribution is -0.384. The molecule has 0 fully saturated rings. The molecule has 0 aliphatic rings. The number of carbonyl (C=O) groups is 4. The van der Waals surface area contributed by atoms with Crippen LogP contribution in [0.25, 0.3) is 0 Å². The van der Waals surface area contributed by atoms with Gasteiger partial charge in [-0.15, -0.1) is 21.5 Å². The van der Waals surface area contributed by atoms with Gasteiger partial charge in [-0.2, -0.15) is 0 Å². The molecule has 0 atom stereocenters. The standard InChI is InChI=1S/C31H32N6O8S2/c1-4-44-29(40)25-19(3)26(30(41)45-5-2)47-28(25)33-24(38)18-46-31-35-34-23(36(31)16-15-20-9-7-6-8-10-20)17-32-27(39)21-11-13-22(14-12-21)37(42)43/h6-14H,4-5,15-18H2,1-3H3,(H,32,39)(H,33,38). The van der Waals surface area contributed by atoms with E-state index in [9.17, 15) is 29.3 Å². The highest BCUT2D eigenvalue weighted by atomic mass is 32.2. The topological polar surface area (TPSA) is 185 Å². The molecule has 0 bridgehead atoms. The average Bonchev–Trinajstić information content (AvgIpc) is 3.61. The maximum absolute atomic E-state index is 13.1. The molecule has 2 heterocycles. The first kappa shape index (κ1) is 34.8. The molecular weight excluding hydrogens is 649 g/mol. The number of benzene rings is 2. The van der Waals surface area contributed by atoms with Crippen molar-refractivity contribution in [2.45, 2.75) is 45.4 Å². The van der Waals surface area contributed by atoms with E-state index in [0.29, 0.717) is 29.5 Å². The molecule has 2 N–H and O–H groups in total. The molecule has 2 amide bonds. The molecule has 0 spiro atoms. The minimum absolute atomic E-state index is 0.0123. The summed E-state index contributed by atoms with van der Waals surface area (Å²) in [5.41, 5.74) is 1.63. The van der Waals surface area contributed by atoms with Gasteiger partial charge < -0.3 is 24.7 Å². The quantitative estimate of drug-likeness (QED) is 0.0760. The minimum atomic E-state index is -0.666. The molecule has 0 saturated carbocycles. The number of carbonyl (C=O) groups excluding carboxylic acids is 4. The molecule has 0 saturated heterocycles. The first-order chi connectivity index (χ1) is 22.6. The third-order valence-electron chi connectivity index (χ3n) is 6.68. The molecule has 0 radical (unpaired) electrons. The van der Waals surface area contributed by atoms with E-state index in [-0.39, 0.29) is 52.2 Å². The summed E-state index contributed by atoms with van der Waals surface area (Å²) in [6.07, 6.45) is 0.621. The lowest BCUT2D eigenvalue weighted by Gasteiger charge is -2.11. The minimum Gasteiger partial charge on any atom is -0.462 e. The van der Waals surface area contributed by atoms with Crippen molar-refractivity contribution in [3.8, 4) is 0 Å². The van der Waals surface area contributed by atoms with Crippen LogP contribution in [0.5, 0.6) is 0 Å². The van der Waals surface area contributed by atoms with E-state index in [2.05, 4.69) is 20.8 Å². The summed E-state index contributed by atoms with van der Waals surface area (Å²) in [6, 6.07) is 15.0. The lowest BCUT2D eigenvalue weighted by Crippen LogP contribution is -2.25. The first-order valence-corrected chi connectivity index (χ1v) is 16.3. The molecule has 246 valence electrons. The summed E-state index contributed by atoms with van der Waals surface area (Å²) >= 11 is 2.05. The zero-order chi connectivity index (χ0) is 33.9. The number of hydrogen-bond acceptors (Lipinski definition) is 12.